The van der Waals surface area contributed by atoms with E-state index in [0.29, 0.717) is 5.19 Å². The maximum atomic E-state index is 11.7. The number of alkyl carbamates (subject to hydrolysis) is 1. The fraction of sp³-hybridized carbons (Fsp3) is 0.500. The zero-order valence-electron chi connectivity index (χ0n) is 13.0. The smallest absolute Gasteiger partial charge is 0.407 e. The molecule has 1 aliphatic rings. The quantitative estimate of drug-likeness (QED) is 0.936. The van der Waals surface area contributed by atoms with Crippen molar-refractivity contribution in [3.05, 3.63) is 24.3 Å². The molecule has 0 bridgehead atoms. The van der Waals surface area contributed by atoms with E-state index in [0.717, 1.165) is 23.1 Å². The third-order valence-corrected chi connectivity index (χ3v) is 4.28. The number of carbonyl (C=O) groups is 1. The number of hydrogen-bond acceptors (Lipinski definition) is 5. The number of nitrogens with zero attached hydrogens (tertiary/aromatic N) is 1. The van der Waals surface area contributed by atoms with Gasteiger partial charge in [0.15, 0.2) is 0 Å². The molecular formula is C16H20N2O3S. The van der Waals surface area contributed by atoms with Gasteiger partial charge in [0.2, 0.25) is 0 Å². The van der Waals surface area contributed by atoms with Gasteiger partial charge in [0.05, 0.1) is 10.2 Å². The van der Waals surface area contributed by atoms with E-state index in [2.05, 4.69) is 10.3 Å². The van der Waals surface area contributed by atoms with Gasteiger partial charge in [-0.2, -0.15) is 0 Å². The van der Waals surface area contributed by atoms with Crippen LogP contribution in [0, 0.1) is 0 Å². The number of aromatic nitrogens is 1. The fourth-order valence-electron chi connectivity index (χ4n) is 2.30. The van der Waals surface area contributed by atoms with Crippen LogP contribution in [0.2, 0.25) is 0 Å². The van der Waals surface area contributed by atoms with Crippen molar-refractivity contribution < 1.29 is 14.3 Å². The van der Waals surface area contributed by atoms with Gasteiger partial charge in [0.25, 0.3) is 5.19 Å². The molecule has 0 radical (unpaired) electrons. The number of nitrogens with one attached hydrogen (secondary N) is 1. The first-order valence-electron chi connectivity index (χ1n) is 7.41. The van der Waals surface area contributed by atoms with E-state index in [1.54, 1.807) is 11.3 Å². The van der Waals surface area contributed by atoms with Crippen LogP contribution in [-0.2, 0) is 4.74 Å². The summed E-state index contributed by atoms with van der Waals surface area (Å²) in [6, 6.07) is 8.10. The van der Waals surface area contributed by atoms with E-state index in [1.165, 1.54) is 0 Å². The second kappa shape index (κ2) is 5.76. The lowest BCUT2D eigenvalue weighted by molar-refractivity contribution is 0.0363. The number of para-hydroxylation sites is 1. The van der Waals surface area contributed by atoms with Crippen molar-refractivity contribution in [2.45, 2.75) is 51.4 Å². The van der Waals surface area contributed by atoms with Gasteiger partial charge in [-0.1, -0.05) is 23.5 Å². The van der Waals surface area contributed by atoms with Crippen molar-refractivity contribution in [1.29, 1.82) is 0 Å². The number of amides is 1. The van der Waals surface area contributed by atoms with Gasteiger partial charge < -0.3 is 14.8 Å². The molecule has 5 nitrogen and oxygen atoms in total. The number of fused-ring (bicyclic) bond motifs is 1. The first-order chi connectivity index (χ1) is 10.4. The predicted molar refractivity (Wildman–Crippen MR) is 86.4 cm³/mol. The van der Waals surface area contributed by atoms with E-state index in [9.17, 15) is 4.79 Å². The molecule has 0 unspecified atom stereocenters. The number of rotatable bonds is 3. The SMILES string of the molecule is CC(C)(C)OC(=O)NC1CC(Oc2nc3ccccc3s2)C1. The summed E-state index contributed by atoms with van der Waals surface area (Å²) in [5.74, 6) is 0. The first kappa shape index (κ1) is 15.1. The van der Waals surface area contributed by atoms with E-state index in [4.69, 9.17) is 9.47 Å². The molecule has 1 amide bonds. The third kappa shape index (κ3) is 3.68. The summed E-state index contributed by atoms with van der Waals surface area (Å²) >= 11 is 1.55. The third-order valence-electron chi connectivity index (χ3n) is 3.36. The van der Waals surface area contributed by atoms with Crippen LogP contribution in [0.25, 0.3) is 10.2 Å². The summed E-state index contributed by atoms with van der Waals surface area (Å²) in [6.07, 6.45) is 1.32. The van der Waals surface area contributed by atoms with Crippen LogP contribution >= 0.6 is 11.3 Å². The zero-order chi connectivity index (χ0) is 15.7. The molecule has 1 heterocycles. The lowest BCUT2D eigenvalue weighted by atomic mass is 9.89. The Balaban J connectivity index is 1.46. The second-order valence-corrected chi connectivity index (χ2v) is 7.50. The van der Waals surface area contributed by atoms with Gasteiger partial charge in [-0.15, -0.1) is 0 Å². The monoisotopic (exact) mass is 320 g/mol. The van der Waals surface area contributed by atoms with Crippen LogP contribution < -0.4 is 10.1 Å². The highest BCUT2D eigenvalue weighted by Gasteiger charge is 2.33. The minimum Gasteiger partial charge on any atom is -0.467 e. The van der Waals surface area contributed by atoms with Crippen molar-refractivity contribution in [1.82, 2.24) is 10.3 Å². The summed E-state index contributed by atoms with van der Waals surface area (Å²) in [6.45, 7) is 5.56. The van der Waals surface area contributed by atoms with Crippen molar-refractivity contribution in [2.24, 2.45) is 0 Å². The van der Waals surface area contributed by atoms with Gasteiger partial charge >= 0.3 is 6.09 Å². The zero-order valence-corrected chi connectivity index (χ0v) is 13.8. The molecule has 22 heavy (non-hydrogen) atoms. The van der Waals surface area contributed by atoms with Crippen molar-refractivity contribution in [2.75, 3.05) is 0 Å². The van der Waals surface area contributed by atoms with E-state index >= 15 is 0 Å². The number of carbonyl (C=O) groups excluding carboxylic acids is 1. The van der Waals surface area contributed by atoms with Gasteiger partial charge in [0, 0.05) is 18.9 Å². The molecule has 118 valence electrons. The summed E-state index contributed by atoms with van der Waals surface area (Å²) < 4.78 is 12.2. The Kier molecular flexibility index (Phi) is 3.95. The Morgan fingerprint density at radius 2 is 2.05 bits per heavy atom. The van der Waals surface area contributed by atoms with E-state index < -0.39 is 5.60 Å². The van der Waals surface area contributed by atoms with E-state index in [-0.39, 0.29) is 18.2 Å². The molecule has 1 aromatic carbocycles. The summed E-state index contributed by atoms with van der Waals surface area (Å²) in [7, 11) is 0. The first-order valence-corrected chi connectivity index (χ1v) is 8.22. The minimum atomic E-state index is -0.468. The lowest BCUT2D eigenvalue weighted by Crippen LogP contribution is -2.50. The van der Waals surface area contributed by atoms with Gasteiger partial charge in [-0.3, -0.25) is 0 Å². The lowest BCUT2D eigenvalue weighted by Gasteiger charge is -2.35. The fourth-order valence-corrected chi connectivity index (χ4v) is 3.18. The topological polar surface area (TPSA) is 60.5 Å². The molecule has 2 aromatic rings. The van der Waals surface area contributed by atoms with Crippen LogP contribution in [-0.4, -0.2) is 28.8 Å². The highest BCUT2D eigenvalue weighted by atomic mass is 32.1. The van der Waals surface area contributed by atoms with E-state index in [1.807, 2.05) is 45.0 Å². The standard InChI is InChI=1S/C16H20N2O3S/c1-16(2,3)21-14(19)17-10-8-11(9-10)20-15-18-12-6-4-5-7-13(12)22-15/h4-7,10-11H,8-9H2,1-3H3,(H,17,19). The highest BCUT2D eigenvalue weighted by Crippen LogP contribution is 2.32. The molecule has 1 aromatic heterocycles. The normalized spacial score (nSPS) is 21.2. The molecule has 6 heteroatoms. The van der Waals surface area contributed by atoms with Crippen LogP contribution in [0.1, 0.15) is 33.6 Å². The molecule has 0 spiro atoms. The summed E-state index contributed by atoms with van der Waals surface area (Å²) in [4.78, 5) is 16.1. The van der Waals surface area contributed by atoms with Crippen molar-refractivity contribution >= 4 is 27.6 Å². The second-order valence-electron chi connectivity index (χ2n) is 6.50. The summed E-state index contributed by atoms with van der Waals surface area (Å²) in [5.41, 5.74) is 0.496. The summed E-state index contributed by atoms with van der Waals surface area (Å²) in [5, 5.41) is 3.55. The van der Waals surface area contributed by atoms with Crippen molar-refractivity contribution in [3.63, 3.8) is 0 Å². The maximum absolute atomic E-state index is 11.7. The largest absolute Gasteiger partial charge is 0.467 e. The molecule has 1 saturated carbocycles. The van der Waals surface area contributed by atoms with Crippen LogP contribution in [0.4, 0.5) is 4.79 Å². The van der Waals surface area contributed by atoms with Gasteiger partial charge in [-0.25, -0.2) is 9.78 Å². The van der Waals surface area contributed by atoms with Gasteiger partial charge in [-0.05, 0) is 32.9 Å². The van der Waals surface area contributed by atoms with Gasteiger partial charge in [0.1, 0.15) is 11.7 Å². The Labute approximate surface area is 133 Å². The van der Waals surface area contributed by atoms with Crippen LogP contribution in [0.15, 0.2) is 24.3 Å². The minimum absolute atomic E-state index is 0.112. The highest BCUT2D eigenvalue weighted by molar-refractivity contribution is 7.20. The molecule has 0 aliphatic heterocycles. The molecule has 1 aliphatic carbocycles. The Bertz CT molecular complexity index is 638. The Morgan fingerprint density at radius 3 is 2.73 bits per heavy atom. The average molecular weight is 320 g/mol. The number of thiazole rings is 1. The van der Waals surface area contributed by atoms with Crippen LogP contribution in [0.5, 0.6) is 5.19 Å². The Morgan fingerprint density at radius 1 is 1.32 bits per heavy atom. The maximum Gasteiger partial charge on any atom is 0.407 e. The molecule has 0 saturated heterocycles. The number of hydrogen-bond donors (Lipinski definition) is 1. The predicted octanol–water partition coefficient (Wildman–Crippen LogP) is 3.73. The van der Waals surface area contributed by atoms with Crippen molar-refractivity contribution in [3.8, 4) is 5.19 Å². The molecule has 1 fully saturated rings. The molecule has 1 N–H and O–H groups in total. The molecule has 3 rings (SSSR count). The number of ether oxygens (including phenoxy) is 2. The Hall–Kier alpha value is -1.82. The molecular weight excluding hydrogens is 300 g/mol. The average Bonchev–Trinajstić information content (AvgIpc) is 2.76. The number of benzene rings is 1. The van der Waals surface area contributed by atoms with Crippen LogP contribution in [0.3, 0.4) is 0 Å². The molecule has 0 atom stereocenters.